The molecule has 0 radical (unpaired) electrons. The highest BCUT2D eigenvalue weighted by Crippen LogP contribution is 2.35. The van der Waals surface area contributed by atoms with Crippen LogP contribution in [0.4, 0.5) is 10.1 Å². The van der Waals surface area contributed by atoms with Crippen LogP contribution in [-0.4, -0.2) is 142 Å². The minimum Gasteiger partial charge on any atom is -0.391 e. The van der Waals surface area contributed by atoms with Crippen LogP contribution in [0, 0.1) is 32.0 Å². The van der Waals surface area contributed by atoms with E-state index in [1.54, 1.807) is 17.4 Å². The van der Waals surface area contributed by atoms with Crippen LogP contribution in [0.1, 0.15) is 129 Å². The maximum absolute atomic E-state index is 14.0. The molecule has 410 valence electrons. The summed E-state index contributed by atoms with van der Waals surface area (Å²) in [4.78, 5) is 93.8. The first-order valence-corrected chi connectivity index (χ1v) is 27.8. The standard InChI is InChI=1S/C57H77FN10O7S/c1-36-46(31-44-43-29-41(58)20-21-45(43)64-53(44)72)63-37(2)50(36)55(74)60-23-14-24-66-25-27-67(28-26-66)34-49(71)59-22-13-11-9-7-8-10-12-15-48(70)65-52(57(4,5)6)56(75)68-33-42(69)30-47(68)54(73)61-32-39-16-18-40(19-17-39)51-38(3)62-35-76-51/h16-21,29,31,35,42,47,52,63,69H,7-15,22-28,30,32-34H2,1-6H3,(H,59,71)(H,60,74)(H,61,73)(H,64,72)(H,65,70)/b44-31-/t42-,47+,52-/m1/s1. The summed E-state index contributed by atoms with van der Waals surface area (Å²) >= 11 is 1.58. The molecular weight excluding hydrogens is 988 g/mol. The monoisotopic (exact) mass is 1060 g/mol. The summed E-state index contributed by atoms with van der Waals surface area (Å²) in [6, 6.07) is 10.4. The highest BCUT2D eigenvalue weighted by Gasteiger charge is 2.44. The predicted octanol–water partition coefficient (Wildman–Crippen LogP) is 6.48. The molecule has 0 spiro atoms. The van der Waals surface area contributed by atoms with Crippen molar-refractivity contribution in [3.63, 3.8) is 0 Å². The molecule has 3 aliphatic rings. The normalized spacial score (nSPS) is 17.9. The molecule has 7 rings (SSSR count). The Balaban J connectivity index is 0.705. The summed E-state index contributed by atoms with van der Waals surface area (Å²) in [7, 11) is 0. The quantitative estimate of drug-likeness (QED) is 0.0299. The van der Waals surface area contributed by atoms with Crippen LogP contribution in [0.3, 0.4) is 0 Å². The van der Waals surface area contributed by atoms with E-state index in [0.29, 0.717) is 71.8 Å². The number of β-amino-alcohol motifs (C(OH)–C–C–N with tert-alkyl or cyclic N) is 1. The number of nitrogens with zero attached hydrogens (tertiary/aromatic N) is 4. The van der Waals surface area contributed by atoms with Crippen LogP contribution in [0.5, 0.6) is 0 Å². The van der Waals surface area contributed by atoms with E-state index < -0.39 is 29.4 Å². The fourth-order valence-electron chi connectivity index (χ4n) is 10.3. The molecule has 76 heavy (non-hydrogen) atoms. The fraction of sp³-hybridized carbons (Fsp3) is 0.526. The molecule has 0 bridgehead atoms. The van der Waals surface area contributed by atoms with Crippen LogP contribution >= 0.6 is 11.3 Å². The Morgan fingerprint density at radius 1 is 0.868 bits per heavy atom. The smallest absolute Gasteiger partial charge is 0.256 e. The molecule has 2 aromatic carbocycles. The second-order valence-electron chi connectivity index (χ2n) is 21.6. The number of fused-ring (bicyclic) bond motifs is 1. The van der Waals surface area contributed by atoms with E-state index in [4.69, 9.17) is 0 Å². The van der Waals surface area contributed by atoms with Gasteiger partial charge in [-0.2, -0.15) is 0 Å². The van der Waals surface area contributed by atoms with Crippen LogP contribution < -0.4 is 26.6 Å². The highest BCUT2D eigenvalue weighted by molar-refractivity contribution is 7.13. The maximum Gasteiger partial charge on any atom is 0.256 e. The first-order valence-electron chi connectivity index (χ1n) is 26.9. The lowest BCUT2D eigenvalue weighted by atomic mass is 9.85. The lowest BCUT2D eigenvalue weighted by Gasteiger charge is -2.35. The molecule has 5 heterocycles. The average molecular weight is 1070 g/mol. The van der Waals surface area contributed by atoms with Crippen LogP contribution in [0.15, 0.2) is 48.0 Å². The number of halogens is 1. The minimum absolute atomic E-state index is 0.0229. The van der Waals surface area contributed by atoms with Crippen LogP contribution in [0.2, 0.25) is 0 Å². The number of aromatic nitrogens is 2. The summed E-state index contributed by atoms with van der Waals surface area (Å²) in [6.07, 6.45) is 8.55. The lowest BCUT2D eigenvalue weighted by Crippen LogP contribution is -2.57. The van der Waals surface area contributed by atoms with Gasteiger partial charge < -0.3 is 46.5 Å². The SMILES string of the molecule is Cc1ncsc1-c1ccc(CNC(=O)[C@@H]2C[C@@H](O)CN2C(=O)[C@@H](NC(=O)CCCCCCCCCNC(=O)CN2CCN(CCCNC(=O)c3c(C)[nH]c(/C=C4\C(=O)Nc5ccc(F)cc54)c3C)CC2)C(C)(C)C)cc1. The van der Waals surface area contributed by atoms with Crippen molar-refractivity contribution >= 4 is 64.1 Å². The van der Waals surface area contributed by atoms with Gasteiger partial charge in [-0.05, 0) is 93.0 Å². The van der Waals surface area contributed by atoms with Gasteiger partial charge in [-0.1, -0.05) is 77.1 Å². The van der Waals surface area contributed by atoms with E-state index in [-0.39, 0.29) is 55.0 Å². The zero-order chi connectivity index (χ0) is 54.5. The van der Waals surface area contributed by atoms with Gasteiger partial charge in [0.2, 0.25) is 23.6 Å². The van der Waals surface area contributed by atoms with Gasteiger partial charge in [0.15, 0.2) is 0 Å². The molecule has 0 aliphatic carbocycles. The van der Waals surface area contributed by atoms with E-state index in [1.807, 2.05) is 71.3 Å². The van der Waals surface area contributed by atoms with Crippen molar-refractivity contribution in [1.82, 2.24) is 45.9 Å². The fourth-order valence-corrected chi connectivity index (χ4v) is 11.1. The molecule has 6 amide bonds. The number of unbranched alkanes of at least 4 members (excludes halogenated alkanes) is 6. The Morgan fingerprint density at radius 2 is 1.55 bits per heavy atom. The van der Waals surface area contributed by atoms with E-state index in [9.17, 15) is 38.3 Å². The molecule has 17 nitrogen and oxygen atoms in total. The third-order valence-electron chi connectivity index (χ3n) is 14.6. The van der Waals surface area contributed by atoms with E-state index in [1.165, 1.54) is 23.1 Å². The Bertz CT molecular complexity index is 2720. The first kappa shape index (κ1) is 57.4. The predicted molar refractivity (Wildman–Crippen MR) is 295 cm³/mol. The summed E-state index contributed by atoms with van der Waals surface area (Å²) in [5.41, 5.74) is 8.06. The third-order valence-corrected chi connectivity index (χ3v) is 15.6. The summed E-state index contributed by atoms with van der Waals surface area (Å²) in [5.74, 6) is -1.83. The molecule has 3 aliphatic heterocycles. The number of H-pyrrole nitrogens is 1. The maximum atomic E-state index is 14.0. The number of nitrogens with one attached hydrogen (secondary N) is 6. The topological polar surface area (TPSA) is 221 Å². The van der Waals surface area contributed by atoms with Gasteiger partial charge in [-0.3, -0.25) is 33.7 Å². The number of aryl methyl sites for hydroxylation is 2. The molecule has 3 atom stereocenters. The number of carbonyl (C=O) groups excluding carboxylic acids is 6. The van der Waals surface area contributed by atoms with Crippen molar-refractivity contribution in [3.05, 3.63) is 93.1 Å². The Hall–Kier alpha value is -6.28. The second-order valence-corrected chi connectivity index (χ2v) is 22.5. The number of hydrogen-bond donors (Lipinski definition) is 7. The van der Waals surface area contributed by atoms with Crippen molar-refractivity contribution in [2.24, 2.45) is 5.41 Å². The summed E-state index contributed by atoms with van der Waals surface area (Å²) in [5, 5.41) is 25.4. The van der Waals surface area contributed by atoms with Crippen molar-refractivity contribution < 1.29 is 38.3 Å². The van der Waals surface area contributed by atoms with Crippen molar-refractivity contribution in [2.45, 2.75) is 130 Å². The van der Waals surface area contributed by atoms with Gasteiger partial charge >= 0.3 is 0 Å². The molecule has 19 heteroatoms. The van der Waals surface area contributed by atoms with Crippen molar-refractivity contribution in [1.29, 1.82) is 0 Å². The largest absolute Gasteiger partial charge is 0.391 e. The molecule has 7 N–H and O–H groups in total. The average Bonchev–Trinajstić information content (AvgIpc) is 4.16. The Labute approximate surface area is 450 Å². The second kappa shape index (κ2) is 26.7. The number of aliphatic hydroxyl groups excluding tert-OH is 1. The molecule has 0 unspecified atom stereocenters. The number of benzene rings is 2. The molecule has 0 saturated carbocycles. The van der Waals surface area contributed by atoms with Gasteiger partial charge in [0.05, 0.1) is 39.9 Å². The molecule has 4 aromatic rings. The lowest BCUT2D eigenvalue weighted by molar-refractivity contribution is -0.144. The van der Waals surface area contributed by atoms with E-state index in [0.717, 1.165) is 99.4 Å². The van der Waals surface area contributed by atoms with Gasteiger partial charge in [0.25, 0.3) is 11.8 Å². The number of likely N-dealkylation sites (tertiary alicyclic amines) is 1. The number of aromatic amines is 1. The van der Waals surface area contributed by atoms with Crippen molar-refractivity contribution in [3.8, 4) is 10.4 Å². The van der Waals surface area contributed by atoms with Gasteiger partial charge in [0, 0.05) is 87.8 Å². The minimum atomic E-state index is -0.863. The van der Waals surface area contributed by atoms with Crippen molar-refractivity contribution in [2.75, 3.05) is 64.2 Å². The zero-order valence-corrected chi connectivity index (χ0v) is 45.9. The van der Waals surface area contributed by atoms with Crippen LogP contribution in [-0.2, 0) is 30.5 Å². The highest BCUT2D eigenvalue weighted by atomic mass is 32.1. The molecule has 2 fully saturated rings. The van der Waals surface area contributed by atoms with Crippen LogP contribution in [0.25, 0.3) is 22.1 Å². The van der Waals surface area contributed by atoms with Gasteiger partial charge in [-0.25, -0.2) is 9.37 Å². The number of carbonyl (C=O) groups is 6. The first-order chi connectivity index (χ1) is 36.4. The molecule has 2 saturated heterocycles. The molecule has 2 aromatic heterocycles. The summed E-state index contributed by atoms with van der Waals surface area (Å²) in [6.45, 7) is 17.2. The molecular formula is C57H77FN10O7S. The van der Waals surface area contributed by atoms with E-state index >= 15 is 0 Å². The van der Waals surface area contributed by atoms with Gasteiger partial charge in [0.1, 0.15) is 17.9 Å². The number of amides is 6. The number of piperazine rings is 1. The third kappa shape index (κ3) is 15.4. The number of rotatable bonds is 24. The van der Waals surface area contributed by atoms with E-state index in [2.05, 4.69) is 46.4 Å². The number of anilines is 1. The summed E-state index contributed by atoms with van der Waals surface area (Å²) < 4.78 is 14.0. The number of aliphatic hydroxyl groups is 1. The Kier molecular flexibility index (Phi) is 20.1. The Morgan fingerprint density at radius 3 is 2.25 bits per heavy atom. The number of hydrogen-bond acceptors (Lipinski definition) is 11. The zero-order valence-electron chi connectivity index (χ0n) is 45.0. The number of thiazole rings is 1. The van der Waals surface area contributed by atoms with Gasteiger partial charge in [-0.15, -0.1) is 11.3 Å².